The van der Waals surface area contributed by atoms with Crippen molar-refractivity contribution >= 4 is 5.91 Å². The van der Waals surface area contributed by atoms with E-state index < -0.39 is 0 Å². The number of nitrogens with zero attached hydrogens (tertiary/aromatic N) is 3. The van der Waals surface area contributed by atoms with E-state index in [1.807, 2.05) is 48.5 Å². The Kier molecular flexibility index (Phi) is 6.35. The molecule has 0 aliphatic heterocycles. The van der Waals surface area contributed by atoms with Crippen LogP contribution in [0.4, 0.5) is 0 Å². The molecule has 0 saturated heterocycles. The number of aryl methyl sites for hydroxylation is 2. The van der Waals surface area contributed by atoms with Gasteiger partial charge in [0.2, 0.25) is 11.7 Å². The normalized spacial score (nSPS) is 10.8. The van der Waals surface area contributed by atoms with Crippen molar-refractivity contribution < 1.29 is 14.1 Å². The number of amides is 1. The van der Waals surface area contributed by atoms with Gasteiger partial charge in [-0.25, -0.2) is 0 Å². The quantitative estimate of drug-likeness (QED) is 0.468. The number of aromatic nitrogens is 3. The summed E-state index contributed by atoms with van der Waals surface area (Å²) < 4.78 is 12.0. The number of hydrogen-bond donors (Lipinski definition) is 1. The van der Waals surface area contributed by atoms with Gasteiger partial charge >= 0.3 is 0 Å². The second-order valence-corrected chi connectivity index (χ2v) is 7.65. The van der Waals surface area contributed by atoms with Crippen LogP contribution in [0.15, 0.2) is 70.0 Å². The van der Waals surface area contributed by atoms with E-state index in [1.54, 1.807) is 33.1 Å². The molecule has 0 atom stereocenters. The lowest BCUT2D eigenvalue weighted by Crippen LogP contribution is -2.34. The highest BCUT2D eigenvalue weighted by Crippen LogP contribution is 2.24. The van der Waals surface area contributed by atoms with Crippen LogP contribution in [-0.4, -0.2) is 27.7 Å². The van der Waals surface area contributed by atoms with Gasteiger partial charge in [0, 0.05) is 17.8 Å². The van der Waals surface area contributed by atoms with Crippen LogP contribution in [0.25, 0.3) is 22.8 Å². The van der Waals surface area contributed by atoms with Crippen molar-refractivity contribution in [2.75, 3.05) is 7.11 Å². The Morgan fingerprint density at radius 2 is 1.82 bits per heavy atom. The van der Waals surface area contributed by atoms with E-state index in [1.165, 1.54) is 4.57 Å². The maximum atomic E-state index is 13.3. The summed E-state index contributed by atoms with van der Waals surface area (Å²) in [7, 11) is 1.59. The average Bonchev–Trinajstić information content (AvgIpc) is 3.30. The second-order valence-electron chi connectivity index (χ2n) is 7.65. The summed E-state index contributed by atoms with van der Waals surface area (Å²) in [6.45, 7) is 3.88. The number of hydrogen-bond acceptors (Lipinski definition) is 6. The Labute approximate surface area is 190 Å². The number of rotatable bonds is 7. The van der Waals surface area contributed by atoms with E-state index in [0.29, 0.717) is 29.4 Å². The van der Waals surface area contributed by atoms with Crippen LogP contribution >= 0.6 is 0 Å². The minimum atomic E-state index is -0.354. The number of carbonyl (C=O) groups is 1. The first-order chi connectivity index (χ1) is 16.0. The first kappa shape index (κ1) is 22.0. The Hall–Kier alpha value is -4.20. The van der Waals surface area contributed by atoms with Gasteiger partial charge in [-0.15, -0.1) is 0 Å². The fourth-order valence-electron chi connectivity index (χ4n) is 3.56. The largest absolute Gasteiger partial charge is 0.497 e. The van der Waals surface area contributed by atoms with Gasteiger partial charge < -0.3 is 19.1 Å². The van der Waals surface area contributed by atoms with Crippen LogP contribution in [0.5, 0.6) is 5.75 Å². The van der Waals surface area contributed by atoms with Crippen molar-refractivity contribution in [3.05, 3.63) is 87.8 Å². The van der Waals surface area contributed by atoms with Crippen molar-refractivity contribution in [1.82, 2.24) is 20.0 Å². The van der Waals surface area contributed by atoms with Gasteiger partial charge in [-0.05, 0) is 55.3 Å². The summed E-state index contributed by atoms with van der Waals surface area (Å²) in [6, 6.07) is 18.6. The van der Waals surface area contributed by atoms with Gasteiger partial charge in [0.25, 0.3) is 11.4 Å². The van der Waals surface area contributed by atoms with E-state index in [0.717, 1.165) is 11.1 Å². The predicted molar refractivity (Wildman–Crippen MR) is 124 cm³/mol. The molecule has 33 heavy (non-hydrogen) atoms. The third-order valence-corrected chi connectivity index (χ3v) is 5.33. The Bertz CT molecular complexity index is 1330. The van der Waals surface area contributed by atoms with Gasteiger partial charge in [-0.1, -0.05) is 35.5 Å². The molecule has 0 aliphatic carbocycles. The van der Waals surface area contributed by atoms with Crippen LogP contribution in [0.3, 0.4) is 0 Å². The molecule has 2 aromatic carbocycles. The number of methoxy groups -OCH3 is 1. The lowest BCUT2D eigenvalue weighted by Gasteiger charge is -2.13. The molecule has 1 N–H and O–H groups in total. The molecule has 8 nitrogen and oxygen atoms in total. The highest BCUT2D eigenvalue weighted by Gasteiger charge is 2.20. The van der Waals surface area contributed by atoms with Gasteiger partial charge in [0.1, 0.15) is 17.9 Å². The molecule has 4 rings (SSSR count). The highest BCUT2D eigenvalue weighted by atomic mass is 16.5. The van der Waals surface area contributed by atoms with Crippen LogP contribution < -0.4 is 15.6 Å². The van der Waals surface area contributed by atoms with Crippen LogP contribution in [0.2, 0.25) is 0 Å². The van der Waals surface area contributed by atoms with Crippen LogP contribution in [-0.2, 0) is 17.9 Å². The molecule has 0 aliphatic rings. The number of pyridine rings is 1. The minimum absolute atomic E-state index is 0.107. The molecule has 1 amide bonds. The smallest absolute Gasteiger partial charge is 0.264 e. The first-order valence-electron chi connectivity index (χ1n) is 10.5. The lowest BCUT2D eigenvalue weighted by molar-refractivity contribution is -0.121. The van der Waals surface area contributed by atoms with Crippen molar-refractivity contribution in [2.45, 2.75) is 26.9 Å². The van der Waals surface area contributed by atoms with Crippen molar-refractivity contribution in [2.24, 2.45) is 0 Å². The summed E-state index contributed by atoms with van der Waals surface area (Å²) in [6.07, 6.45) is 0. The van der Waals surface area contributed by atoms with E-state index in [9.17, 15) is 9.59 Å². The average molecular weight is 444 g/mol. The number of benzene rings is 2. The molecule has 0 fully saturated rings. The molecule has 8 heteroatoms. The highest BCUT2D eigenvalue weighted by molar-refractivity contribution is 5.76. The summed E-state index contributed by atoms with van der Waals surface area (Å²) in [4.78, 5) is 30.2. The lowest BCUT2D eigenvalue weighted by atomic mass is 10.1. The molecule has 2 heterocycles. The number of nitrogens with one attached hydrogen (secondary N) is 1. The van der Waals surface area contributed by atoms with Gasteiger partial charge in [0.05, 0.1) is 7.11 Å². The molecule has 0 bridgehead atoms. The molecular weight excluding hydrogens is 420 g/mol. The summed E-state index contributed by atoms with van der Waals surface area (Å²) in [5.74, 6) is 0.925. The van der Waals surface area contributed by atoms with E-state index in [2.05, 4.69) is 15.5 Å². The molecule has 0 spiro atoms. The number of carbonyl (C=O) groups excluding carboxylic acids is 1. The molecule has 0 saturated carbocycles. The Balaban J connectivity index is 1.58. The zero-order chi connectivity index (χ0) is 23.4. The monoisotopic (exact) mass is 444 g/mol. The zero-order valence-electron chi connectivity index (χ0n) is 18.7. The SMILES string of the molecule is COc1ccc(-c2noc(-c3c(C)cc(C)n(CC(=O)NCc4ccccc4)c3=O)n2)cc1. The summed E-state index contributed by atoms with van der Waals surface area (Å²) >= 11 is 0. The Morgan fingerprint density at radius 1 is 1.09 bits per heavy atom. The van der Waals surface area contributed by atoms with Crippen LogP contribution in [0, 0.1) is 13.8 Å². The maximum absolute atomic E-state index is 13.3. The van der Waals surface area contributed by atoms with Gasteiger partial charge in [0.15, 0.2) is 0 Å². The van der Waals surface area contributed by atoms with E-state index >= 15 is 0 Å². The predicted octanol–water partition coefficient (Wildman–Crippen LogP) is 3.51. The molecule has 0 unspecified atom stereocenters. The fourth-order valence-corrected chi connectivity index (χ4v) is 3.56. The molecular formula is C25H24N4O4. The topological polar surface area (TPSA) is 99.3 Å². The van der Waals surface area contributed by atoms with Gasteiger partial charge in [-0.2, -0.15) is 4.98 Å². The van der Waals surface area contributed by atoms with E-state index in [-0.39, 0.29) is 29.5 Å². The first-order valence-corrected chi connectivity index (χ1v) is 10.5. The van der Waals surface area contributed by atoms with E-state index in [4.69, 9.17) is 9.26 Å². The van der Waals surface area contributed by atoms with Gasteiger partial charge in [-0.3, -0.25) is 9.59 Å². The third-order valence-electron chi connectivity index (χ3n) is 5.33. The summed E-state index contributed by atoms with van der Waals surface area (Å²) in [5, 5.41) is 6.87. The third kappa shape index (κ3) is 4.85. The van der Waals surface area contributed by atoms with Crippen molar-refractivity contribution in [3.8, 4) is 28.6 Å². The standard InChI is InChI=1S/C25H24N4O4/c1-16-13-17(2)29(15-21(30)26-14-18-7-5-4-6-8-18)25(31)22(16)24-27-23(28-33-24)19-9-11-20(32-3)12-10-19/h4-13H,14-15H2,1-3H3,(H,26,30). The molecule has 2 aromatic heterocycles. The van der Waals surface area contributed by atoms with Crippen molar-refractivity contribution in [1.29, 1.82) is 0 Å². The summed E-state index contributed by atoms with van der Waals surface area (Å²) in [5.41, 5.74) is 3.01. The van der Waals surface area contributed by atoms with Crippen LogP contribution in [0.1, 0.15) is 16.8 Å². The minimum Gasteiger partial charge on any atom is -0.497 e. The maximum Gasteiger partial charge on any atom is 0.264 e. The molecule has 4 aromatic rings. The second kappa shape index (κ2) is 9.52. The molecule has 168 valence electrons. The van der Waals surface area contributed by atoms with Crippen molar-refractivity contribution in [3.63, 3.8) is 0 Å². The molecule has 0 radical (unpaired) electrons. The fraction of sp³-hybridized carbons (Fsp3) is 0.200. The Morgan fingerprint density at radius 3 is 2.52 bits per heavy atom. The zero-order valence-corrected chi connectivity index (χ0v) is 18.7. The number of ether oxygens (including phenoxy) is 1.